The zero-order valence-electron chi connectivity index (χ0n) is 36.0. The molecule has 11 heteroatoms. The highest BCUT2D eigenvalue weighted by atomic mass is 31.2. The van der Waals surface area contributed by atoms with Gasteiger partial charge in [-0.05, 0) is 45.0 Å². The van der Waals surface area contributed by atoms with E-state index in [1.54, 1.807) is 12.3 Å². The fourth-order valence-corrected chi connectivity index (χ4v) is 9.66. The first-order valence-corrected chi connectivity index (χ1v) is 23.1. The van der Waals surface area contributed by atoms with Gasteiger partial charge in [-0.25, -0.2) is 10.3 Å². The molecule has 65 heavy (non-hydrogen) atoms. The van der Waals surface area contributed by atoms with E-state index < -0.39 is 36.9 Å². The van der Waals surface area contributed by atoms with Gasteiger partial charge in [0, 0.05) is 6.20 Å². The molecular formula is C54H50N3O7P. The first-order chi connectivity index (χ1) is 31.9. The van der Waals surface area contributed by atoms with E-state index in [2.05, 4.69) is 10.5 Å². The summed E-state index contributed by atoms with van der Waals surface area (Å²) in [6.45, 7) is -0.149. The van der Waals surface area contributed by atoms with Crippen LogP contribution in [-0.4, -0.2) is 35.7 Å². The van der Waals surface area contributed by atoms with E-state index in [4.69, 9.17) is 23.4 Å². The van der Waals surface area contributed by atoms with E-state index in [0.29, 0.717) is 0 Å². The molecule has 1 aromatic heterocycles. The maximum Gasteiger partial charge on any atom is 0.357 e. The third kappa shape index (κ3) is 10.5. The molecular weight excluding hydrogens is 834 g/mol. The van der Waals surface area contributed by atoms with Crippen LogP contribution >= 0.6 is 7.60 Å². The summed E-state index contributed by atoms with van der Waals surface area (Å²) in [6.07, 6.45) is 0.171. The molecule has 1 N–H and O–H groups in total. The van der Waals surface area contributed by atoms with Gasteiger partial charge in [0.1, 0.15) is 11.9 Å². The molecule has 0 amide bonds. The van der Waals surface area contributed by atoms with Crippen molar-refractivity contribution in [2.45, 2.75) is 30.5 Å². The standard InChI is InChI=1S/C54H50N3O7P/c1-60-56-51-37-38-57(52(58)55-51)39-50(41-62-53(44-25-11-3-12-26-44,45-27-13-4-14-28-45)46-29-15-5-16-30-46)61-42-65(59,63-40-43-23-9-2-10-24-43)64-54(47-31-17-6-18-32-47,48-33-19-7-20-34-48)49-35-21-8-22-36-49/h2-38,50H,39-42H2,1H3,(H,55,56,58). The second-order valence-corrected chi connectivity index (χ2v) is 17.2. The molecule has 0 saturated carbocycles. The fraction of sp³-hybridized carbons (Fsp3) is 0.148. The van der Waals surface area contributed by atoms with Crippen LogP contribution in [0.3, 0.4) is 0 Å². The van der Waals surface area contributed by atoms with Crippen LogP contribution < -0.4 is 11.2 Å². The van der Waals surface area contributed by atoms with Gasteiger partial charge in [0.05, 0.1) is 33.0 Å². The fourth-order valence-electron chi connectivity index (χ4n) is 8.01. The lowest BCUT2D eigenvalue weighted by Crippen LogP contribution is -2.39. The number of nitrogens with zero attached hydrogens (tertiary/aromatic N) is 2. The largest absolute Gasteiger partial charge is 0.361 e. The van der Waals surface area contributed by atoms with Crippen molar-refractivity contribution < 1.29 is 27.9 Å². The zero-order chi connectivity index (χ0) is 44.8. The topological polar surface area (TPSA) is 110 Å². The summed E-state index contributed by atoms with van der Waals surface area (Å²) in [5, 5.41) is 0. The Labute approximate surface area is 379 Å². The number of anilines is 1. The second kappa shape index (κ2) is 21.3. The van der Waals surface area contributed by atoms with E-state index in [0.717, 1.165) is 38.9 Å². The molecule has 0 aliphatic heterocycles. The van der Waals surface area contributed by atoms with Gasteiger partial charge in [-0.2, -0.15) is 4.98 Å². The Balaban J connectivity index is 1.23. The highest BCUT2D eigenvalue weighted by molar-refractivity contribution is 7.53. The Hall–Kier alpha value is -6.75. The number of hydrogen-bond donors (Lipinski definition) is 1. The van der Waals surface area contributed by atoms with Crippen molar-refractivity contribution in [1.82, 2.24) is 9.55 Å². The molecule has 0 saturated heterocycles. The van der Waals surface area contributed by atoms with Crippen LogP contribution in [-0.2, 0) is 52.3 Å². The molecule has 2 unspecified atom stereocenters. The smallest absolute Gasteiger partial charge is 0.357 e. The van der Waals surface area contributed by atoms with Gasteiger partial charge >= 0.3 is 13.3 Å². The zero-order valence-corrected chi connectivity index (χ0v) is 36.9. The minimum absolute atomic E-state index is 0.0342. The molecule has 0 spiro atoms. The normalized spacial score (nSPS) is 13.1. The maximum absolute atomic E-state index is 16.0. The van der Waals surface area contributed by atoms with Crippen molar-refractivity contribution in [1.29, 1.82) is 0 Å². The van der Waals surface area contributed by atoms with Gasteiger partial charge in [0.25, 0.3) is 0 Å². The highest BCUT2D eigenvalue weighted by Crippen LogP contribution is 2.58. The van der Waals surface area contributed by atoms with Crippen molar-refractivity contribution in [3.8, 4) is 0 Å². The maximum atomic E-state index is 16.0. The number of nitrogens with one attached hydrogen (secondary N) is 1. The molecule has 0 aliphatic rings. The van der Waals surface area contributed by atoms with Gasteiger partial charge < -0.3 is 14.0 Å². The predicted molar refractivity (Wildman–Crippen MR) is 253 cm³/mol. The minimum Gasteiger partial charge on any atom is -0.361 e. The SMILES string of the molecule is CONc1ccn(CC(COC(c2ccccc2)(c2ccccc2)c2ccccc2)OCP(=O)(OCc2ccccc2)OC(c2ccccc2)(c2ccccc2)c2ccccc2)c(=O)n1. The van der Waals surface area contributed by atoms with Gasteiger partial charge in [-0.1, -0.05) is 212 Å². The van der Waals surface area contributed by atoms with E-state index in [1.165, 1.54) is 11.7 Å². The first-order valence-electron chi connectivity index (χ1n) is 21.4. The number of ether oxygens (including phenoxy) is 2. The molecule has 1 heterocycles. The highest BCUT2D eigenvalue weighted by Gasteiger charge is 2.46. The number of rotatable bonds is 21. The van der Waals surface area contributed by atoms with E-state index in [-0.39, 0.29) is 25.6 Å². The third-order valence-corrected chi connectivity index (χ3v) is 12.6. The van der Waals surface area contributed by atoms with Crippen LogP contribution in [0.2, 0.25) is 0 Å². The molecule has 0 bridgehead atoms. The van der Waals surface area contributed by atoms with Crippen molar-refractivity contribution in [3.05, 3.63) is 274 Å². The van der Waals surface area contributed by atoms with Crippen molar-refractivity contribution in [3.63, 3.8) is 0 Å². The monoisotopic (exact) mass is 883 g/mol. The van der Waals surface area contributed by atoms with Crippen LogP contribution in [0.5, 0.6) is 0 Å². The third-order valence-electron chi connectivity index (χ3n) is 11.1. The molecule has 0 radical (unpaired) electrons. The minimum atomic E-state index is -4.34. The molecule has 2 atom stereocenters. The summed E-state index contributed by atoms with van der Waals surface area (Å²) in [5.41, 5.74) is 5.15. The first kappa shape index (κ1) is 44.8. The van der Waals surface area contributed by atoms with E-state index >= 15 is 4.57 Å². The Morgan fingerprint density at radius 3 is 1.37 bits per heavy atom. The van der Waals surface area contributed by atoms with Crippen LogP contribution in [0.15, 0.2) is 229 Å². The summed E-state index contributed by atoms with van der Waals surface area (Å²) in [5.74, 6) is 0.241. The molecule has 0 fully saturated rings. The van der Waals surface area contributed by atoms with Gasteiger partial charge in [-0.15, -0.1) is 0 Å². The van der Waals surface area contributed by atoms with Crippen LogP contribution in [0, 0.1) is 0 Å². The lowest BCUT2D eigenvalue weighted by Gasteiger charge is -2.39. The van der Waals surface area contributed by atoms with Crippen LogP contribution in [0.1, 0.15) is 38.9 Å². The Morgan fingerprint density at radius 2 is 0.969 bits per heavy atom. The molecule has 10 nitrogen and oxygen atoms in total. The molecule has 7 aromatic carbocycles. The molecule has 8 rings (SSSR count). The van der Waals surface area contributed by atoms with E-state index in [1.807, 2.05) is 212 Å². The van der Waals surface area contributed by atoms with Crippen molar-refractivity contribution in [2.24, 2.45) is 0 Å². The van der Waals surface area contributed by atoms with Crippen LogP contribution in [0.25, 0.3) is 0 Å². The Bertz CT molecular complexity index is 2590. The van der Waals surface area contributed by atoms with E-state index in [9.17, 15) is 4.79 Å². The summed E-state index contributed by atoms with van der Waals surface area (Å²) < 4.78 is 45.2. The summed E-state index contributed by atoms with van der Waals surface area (Å²) >= 11 is 0. The number of aromatic nitrogens is 2. The van der Waals surface area contributed by atoms with Gasteiger partial charge in [0.15, 0.2) is 11.4 Å². The van der Waals surface area contributed by atoms with Gasteiger partial charge in [0.2, 0.25) is 0 Å². The Kier molecular flexibility index (Phi) is 14.7. The molecule has 8 aromatic rings. The summed E-state index contributed by atoms with van der Waals surface area (Å²) in [6, 6.07) is 70.1. The summed E-state index contributed by atoms with van der Waals surface area (Å²) in [7, 11) is -2.90. The summed E-state index contributed by atoms with van der Waals surface area (Å²) in [4.78, 5) is 22.8. The lowest BCUT2D eigenvalue weighted by molar-refractivity contribution is -0.0653. The predicted octanol–water partition coefficient (Wildman–Crippen LogP) is 11.0. The quantitative estimate of drug-likeness (QED) is 0.0428. The number of benzene rings is 7. The van der Waals surface area contributed by atoms with Crippen molar-refractivity contribution >= 4 is 13.4 Å². The molecule has 0 aliphatic carbocycles. The average molecular weight is 884 g/mol. The number of hydrogen-bond acceptors (Lipinski definition) is 9. The Morgan fingerprint density at radius 1 is 0.569 bits per heavy atom. The molecule has 328 valence electrons. The van der Waals surface area contributed by atoms with Crippen molar-refractivity contribution in [2.75, 3.05) is 25.5 Å². The average Bonchev–Trinajstić information content (AvgIpc) is 3.37. The van der Waals surface area contributed by atoms with Gasteiger partial charge in [-0.3, -0.25) is 18.5 Å². The second-order valence-electron chi connectivity index (χ2n) is 15.3. The lowest BCUT2D eigenvalue weighted by atomic mass is 9.80. The van der Waals surface area contributed by atoms with Crippen LogP contribution in [0.4, 0.5) is 5.82 Å².